The minimum absolute atomic E-state index is 0. The van der Waals surface area contributed by atoms with E-state index in [0.717, 1.165) is 44.8 Å². The molecule has 2 amide bonds. The van der Waals surface area contributed by atoms with Crippen LogP contribution in [0.2, 0.25) is 0 Å². The van der Waals surface area contributed by atoms with Crippen LogP contribution in [-0.4, -0.2) is 79.4 Å². The maximum absolute atomic E-state index is 12.5. The van der Waals surface area contributed by atoms with E-state index < -0.39 is 0 Å². The molecular formula is C18H26ClN3O3. The van der Waals surface area contributed by atoms with Gasteiger partial charge in [0.1, 0.15) is 5.75 Å². The largest absolute Gasteiger partial charge is 0.497 e. The molecule has 0 aromatic heterocycles. The quantitative estimate of drug-likeness (QED) is 0.809. The molecule has 2 aliphatic rings. The van der Waals surface area contributed by atoms with E-state index in [1.165, 1.54) is 0 Å². The van der Waals surface area contributed by atoms with Gasteiger partial charge in [-0.15, -0.1) is 12.4 Å². The van der Waals surface area contributed by atoms with Gasteiger partial charge in [0.05, 0.1) is 13.7 Å². The number of likely N-dealkylation sites (tertiary alicyclic amines) is 1. The molecule has 0 bridgehead atoms. The van der Waals surface area contributed by atoms with Gasteiger partial charge in [-0.3, -0.25) is 14.5 Å². The van der Waals surface area contributed by atoms with Gasteiger partial charge >= 0.3 is 0 Å². The average molecular weight is 368 g/mol. The van der Waals surface area contributed by atoms with Gasteiger partial charge in [0, 0.05) is 44.8 Å². The lowest BCUT2D eigenvalue weighted by Gasteiger charge is -2.35. The number of piperazine rings is 1. The monoisotopic (exact) mass is 367 g/mol. The van der Waals surface area contributed by atoms with Crippen LogP contribution in [0.25, 0.3) is 0 Å². The highest BCUT2D eigenvalue weighted by Crippen LogP contribution is 2.15. The highest BCUT2D eigenvalue weighted by Gasteiger charge is 2.25. The summed E-state index contributed by atoms with van der Waals surface area (Å²) in [6.07, 6.45) is 2.24. The molecule has 1 aromatic carbocycles. The summed E-state index contributed by atoms with van der Waals surface area (Å²) in [4.78, 5) is 30.7. The summed E-state index contributed by atoms with van der Waals surface area (Å²) >= 11 is 0. The number of hydrogen-bond donors (Lipinski definition) is 0. The van der Waals surface area contributed by atoms with Crippen LogP contribution in [0.15, 0.2) is 24.3 Å². The molecule has 0 atom stereocenters. The molecule has 1 aromatic rings. The summed E-state index contributed by atoms with van der Waals surface area (Å²) in [7, 11) is 1.61. The van der Waals surface area contributed by atoms with E-state index >= 15 is 0 Å². The fraction of sp³-hybridized carbons (Fsp3) is 0.556. The number of ether oxygens (including phenoxy) is 1. The molecule has 2 heterocycles. The topological polar surface area (TPSA) is 53.1 Å². The lowest BCUT2D eigenvalue weighted by atomic mass is 10.1. The minimum Gasteiger partial charge on any atom is -0.497 e. The van der Waals surface area contributed by atoms with Crippen molar-refractivity contribution in [3.05, 3.63) is 29.8 Å². The number of benzene rings is 1. The third-order valence-electron chi connectivity index (χ3n) is 4.81. The molecular weight excluding hydrogens is 342 g/mol. The van der Waals surface area contributed by atoms with Gasteiger partial charge in [-0.25, -0.2) is 0 Å². The van der Waals surface area contributed by atoms with Crippen LogP contribution in [0, 0.1) is 0 Å². The third-order valence-corrected chi connectivity index (χ3v) is 4.81. The SMILES string of the molecule is COc1ccc(C(=O)N2CCN(CC(=O)N3CCCC3)CC2)cc1.Cl. The first kappa shape index (κ1) is 19.5. The maximum Gasteiger partial charge on any atom is 0.253 e. The number of carbonyl (C=O) groups excluding carboxylic acids is 2. The van der Waals surface area contributed by atoms with E-state index in [0.29, 0.717) is 25.2 Å². The summed E-state index contributed by atoms with van der Waals surface area (Å²) in [5, 5.41) is 0. The Kier molecular flexibility index (Phi) is 7.08. The van der Waals surface area contributed by atoms with Crippen molar-refractivity contribution < 1.29 is 14.3 Å². The van der Waals surface area contributed by atoms with Crippen molar-refractivity contribution in [1.82, 2.24) is 14.7 Å². The van der Waals surface area contributed by atoms with Gasteiger partial charge in [0.25, 0.3) is 5.91 Å². The van der Waals surface area contributed by atoms with E-state index in [9.17, 15) is 9.59 Å². The molecule has 0 saturated carbocycles. The fourth-order valence-electron chi connectivity index (χ4n) is 3.28. The number of nitrogens with zero attached hydrogens (tertiary/aromatic N) is 3. The summed E-state index contributed by atoms with van der Waals surface area (Å²) in [6.45, 7) is 5.10. The van der Waals surface area contributed by atoms with Crippen LogP contribution >= 0.6 is 12.4 Å². The molecule has 25 heavy (non-hydrogen) atoms. The number of hydrogen-bond acceptors (Lipinski definition) is 4. The molecule has 2 saturated heterocycles. The summed E-state index contributed by atoms with van der Waals surface area (Å²) in [5.41, 5.74) is 0.678. The second-order valence-electron chi connectivity index (χ2n) is 6.38. The standard InChI is InChI=1S/C18H25N3O3.ClH/c1-24-16-6-4-15(5-7-16)18(23)21-12-10-19(11-13-21)14-17(22)20-8-2-3-9-20;/h4-7H,2-3,8-14H2,1H3;1H. The number of halogens is 1. The van der Waals surface area contributed by atoms with Crippen LogP contribution in [0.1, 0.15) is 23.2 Å². The van der Waals surface area contributed by atoms with Gasteiger partial charge in [-0.1, -0.05) is 0 Å². The number of methoxy groups -OCH3 is 1. The Bertz CT molecular complexity index is 580. The van der Waals surface area contributed by atoms with E-state index in [2.05, 4.69) is 4.90 Å². The zero-order chi connectivity index (χ0) is 16.9. The van der Waals surface area contributed by atoms with E-state index in [1.54, 1.807) is 31.4 Å². The molecule has 2 fully saturated rings. The molecule has 0 unspecified atom stereocenters. The van der Waals surface area contributed by atoms with Crippen LogP contribution in [0.5, 0.6) is 5.75 Å². The lowest BCUT2D eigenvalue weighted by molar-refractivity contribution is -0.131. The van der Waals surface area contributed by atoms with Gasteiger partial charge in [0.2, 0.25) is 5.91 Å². The van der Waals surface area contributed by atoms with Gasteiger partial charge in [-0.2, -0.15) is 0 Å². The van der Waals surface area contributed by atoms with E-state index in [-0.39, 0.29) is 24.2 Å². The zero-order valence-corrected chi connectivity index (χ0v) is 15.5. The smallest absolute Gasteiger partial charge is 0.253 e. The van der Waals surface area contributed by atoms with Crippen molar-refractivity contribution in [3.63, 3.8) is 0 Å². The molecule has 0 aliphatic carbocycles. The van der Waals surface area contributed by atoms with Crippen LogP contribution in [0.4, 0.5) is 0 Å². The molecule has 0 spiro atoms. The molecule has 0 N–H and O–H groups in total. The van der Waals surface area contributed by atoms with E-state index in [4.69, 9.17) is 4.74 Å². The first-order valence-corrected chi connectivity index (χ1v) is 8.61. The molecule has 6 nitrogen and oxygen atoms in total. The predicted octanol–water partition coefficient (Wildman–Crippen LogP) is 1.50. The zero-order valence-electron chi connectivity index (χ0n) is 14.6. The van der Waals surface area contributed by atoms with Crippen molar-refractivity contribution >= 4 is 24.2 Å². The maximum atomic E-state index is 12.5. The highest BCUT2D eigenvalue weighted by molar-refractivity contribution is 5.94. The Morgan fingerprint density at radius 2 is 1.52 bits per heavy atom. The van der Waals surface area contributed by atoms with Crippen molar-refractivity contribution in [2.45, 2.75) is 12.8 Å². The Hall–Kier alpha value is -1.79. The van der Waals surface area contributed by atoms with Crippen molar-refractivity contribution in [2.75, 3.05) is 52.9 Å². The van der Waals surface area contributed by atoms with Crippen molar-refractivity contribution in [3.8, 4) is 5.75 Å². The second kappa shape index (κ2) is 9.06. The Labute approximate surface area is 155 Å². The molecule has 3 rings (SSSR count). The fourth-order valence-corrected chi connectivity index (χ4v) is 3.28. The number of carbonyl (C=O) groups is 2. The average Bonchev–Trinajstić information content (AvgIpc) is 3.17. The van der Waals surface area contributed by atoms with Crippen LogP contribution < -0.4 is 4.74 Å². The summed E-state index contributed by atoms with van der Waals surface area (Å²) in [5.74, 6) is 1.02. The minimum atomic E-state index is 0. The summed E-state index contributed by atoms with van der Waals surface area (Å²) < 4.78 is 5.12. The lowest BCUT2D eigenvalue weighted by Crippen LogP contribution is -2.51. The first-order chi connectivity index (χ1) is 11.7. The van der Waals surface area contributed by atoms with Crippen LogP contribution in [-0.2, 0) is 4.79 Å². The number of rotatable bonds is 4. The Morgan fingerprint density at radius 1 is 0.920 bits per heavy atom. The predicted molar refractivity (Wildman–Crippen MR) is 98.4 cm³/mol. The second-order valence-corrected chi connectivity index (χ2v) is 6.38. The van der Waals surface area contributed by atoms with Gasteiger partial charge < -0.3 is 14.5 Å². The van der Waals surface area contributed by atoms with E-state index in [1.807, 2.05) is 9.80 Å². The Balaban J connectivity index is 0.00000225. The normalized spacial score (nSPS) is 18.0. The Morgan fingerprint density at radius 3 is 2.08 bits per heavy atom. The number of amides is 2. The summed E-state index contributed by atoms with van der Waals surface area (Å²) in [6, 6.07) is 7.20. The van der Waals surface area contributed by atoms with Crippen molar-refractivity contribution in [1.29, 1.82) is 0 Å². The molecule has 7 heteroatoms. The third kappa shape index (κ3) is 4.86. The first-order valence-electron chi connectivity index (χ1n) is 8.61. The van der Waals surface area contributed by atoms with Gasteiger partial charge in [-0.05, 0) is 37.1 Å². The molecule has 0 radical (unpaired) electrons. The highest BCUT2D eigenvalue weighted by atomic mass is 35.5. The van der Waals surface area contributed by atoms with Gasteiger partial charge in [0.15, 0.2) is 0 Å². The molecule has 138 valence electrons. The molecule has 2 aliphatic heterocycles. The van der Waals surface area contributed by atoms with Crippen molar-refractivity contribution in [2.24, 2.45) is 0 Å². The van der Waals surface area contributed by atoms with Crippen LogP contribution in [0.3, 0.4) is 0 Å².